The van der Waals surface area contributed by atoms with Crippen LogP contribution in [-0.4, -0.2) is 11.7 Å². The highest BCUT2D eigenvalue weighted by molar-refractivity contribution is 9.10. The molecule has 0 heterocycles. The molecule has 0 amide bonds. The van der Waals surface area contributed by atoms with Crippen molar-refractivity contribution < 1.29 is 9.84 Å². The van der Waals surface area contributed by atoms with Crippen LogP contribution >= 0.6 is 27.5 Å². The summed E-state index contributed by atoms with van der Waals surface area (Å²) in [5.74, 6) is 0.752. The molecule has 2 rings (SSSR count). The predicted octanol–water partition coefficient (Wildman–Crippen LogP) is 4.58. The SMILES string of the molecule is CCOc1cccc(C(O)c2ccc(Br)c(Cl)c2)c1. The number of aliphatic hydroxyl groups is 1. The largest absolute Gasteiger partial charge is 0.494 e. The molecule has 2 aromatic carbocycles. The van der Waals surface area contributed by atoms with Gasteiger partial charge in [0.1, 0.15) is 11.9 Å². The van der Waals surface area contributed by atoms with Crippen molar-refractivity contribution in [2.24, 2.45) is 0 Å². The summed E-state index contributed by atoms with van der Waals surface area (Å²) < 4.78 is 6.24. The fourth-order valence-electron chi connectivity index (χ4n) is 1.82. The quantitative estimate of drug-likeness (QED) is 0.882. The minimum absolute atomic E-state index is 0.581. The van der Waals surface area contributed by atoms with Gasteiger partial charge in [0.25, 0.3) is 0 Å². The molecule has 1 atom stereocenters. The number of hydrogen-bond acceptors (Lipinski definition) is 2. The third-order valence-electron chi connectivity index (χ3n) is 2.74. The van der Waals surface area contributed by atoms with Crippen LogP contribution in [0, 0.1) is 0 Å². The van der Waals surface area contributed by atoms with Gasteiger partial charge in [-0.1, -0.05) is 29.8 Å². The molecule has 0 spiro atoms. The second-order valence-corrected chi connectivity index (χ2v) is 5.34. The van der Waals surface area contributed by atoms with E-state index in [1.165, 1.54) is 0 Å². The van der Waals surface area contributed by atoms with Gasteiger partial charge in [-0.3, -0.25) is 0 Å². The number of aliphatic hydroxyl groups excluding tert-OH is 1. The molecule has 0 radical (unpaired) electrons. The Kier molecular flexibility index (Phi) is 4.86. The van der Waals surface area contributed by atoms with Gasteiger partial charge in [-0.25, -0.2) is 0 Å². The van der Waals surface area contributed by atoms with Crippen LogP contribution in [0.25, 0.3) is 0 Å². The summed E-state index contributed by atoms with van der Waals surface area (Å²) in [6, 6.07) is 12.9. The molecule has 4 heteroatoms. The number of benzene rings is 2. The fourth-order valence-corrected chi connectivity index (χ4v) is 2.25. The zero-order chi connectivity index (χ0) is 13.8. The molecule has 2 aromatic rings. The molecule has 0 aliphatic rings. The molecule has 0 aliphatic carbocycles. The summed E-state index contributed by atoms with van der Waals surface area (Å²) in [4.78, 5) is 0. The van der Waals surface area contributed by atoms with Crippen molar-refractivity contribution in [3.8, 4) is 5.75 Å². The normalized spacial score (nSPS) is 12.2. The van der Waals surface area contributed by atoms with Crippen molar-refractivity contribution in [3.05, 3.63) is 63.1 Å². The van der Waals surface area contributed by atoms with Crippen LogP contribution in [0.1, 0.15) is 24.2 Å². The van der Waals surface area contributed by atoms with E-state index in [2.05, 4.69) is 15.9 Å². The van der Waals surface area contributed by atoms with E-state index in [0.29, 0.717) is 11.6 Å². The topological polar surface area (TPSA) is 29.5 Å². The van der Waals surface area contributed by atoms with Crippen LogP contribution in [0.3, 0.4) is 0 Å². The molecule has 0 saturated carbocycles. The van der Waals surface area contributed by atoms with Gasteiger partial charge in [0, 0.05) is 4.47 Å². The average Bonchev–Trinajstić information content (AvgIpc) is 2.42. The third-order valence-corrected chi connectivity index (χ3v) is 3.98. The lowest BCUT2D eigenvalue weighted by molar-refractivity contribution is 0.219. The van der Waals surface area contributed by atoms with Crippen LogP contribution in [-0.2, 0) is 0 Å². The third kappa shape index (κ3) is 3.50. The first kappa shape index (κ1) is 14.4. The highest BCUT2D eigenvalue weighted by Gasteiger charge is 2.12. The summed E-state index contributed by atoms with van der Waals surface area (Å²) in [6.07, 6.45) is -0.717. The maximum absolute atomic E-state index is 10.4. The van der Waals surface area contributed by atoms with Crippen molar-refractivity contribution in [1.82, 2.24) is 0 Å². The Hall–Kier alpha value is -1.03. The van der Waals surface area contributed by atoms with Crippen molar-refractivity contribution in [2.45, 2.75) is 13.0 Å². The lowest BCUT2D eigenvalue weighted by Crippen LogP contribution is -2.00. The van der Waals surface area contributed by atoms with Crippen molar-refractivity contribution >= 4 is 27.5 Å². The van der Waals surface area contributed by atoms with Gasteiger partial charge >= 0.3 is 0 Å². The summed E-state index contributed by atoms with van der Waals surface area (Å²) in [5, 5.41) is 11.0. The van der Waals surface area contributed by atoms with E-state index in [1.54, 1.807) is 6.07 Å². The second kappa shape index (κ2) is 6.42. The Morgan fingerprint density at radius 1 is 1.21 bits per heavy atom. The molecule has 1 unspecified atom stereocenters. The van der Waals surface area contributed by atoms with E-state index in [-0.39, 0.29) is 0 Å². The van der Waals surface area contributed by atoms with Crippen LogP contribution in [0.2, 0.25) is 5.02 Å². The van der Waals surface area contributed by atoms with Crippen LogP contribution in [0.15, 0.2) is 46.9 Å². The Labute approximate surface area is 126 Å². The minimum atomic E-state index is -0.717. The molecule has 0 fully saturated rings. The predicted molar refractivity (Wildman–Crippen MR) is 80.8 cm³/mol. The van der Waals surface area contributed by atoms with Gasteiger partial charge in [0.05, 0.1) is 11.6 Å². The minimum Gasteiger partial charge on any atom is -0.494 e. The lowest BCUT2D eigenvalue weighted by Gasteiger charge is -2.13. The van der Waals surface area contributed by atoms with E-state index >= 15 is 0 Å². The molecule has 0 bridgehead atoms. The van der Waals surface area contributed by atoms with Gasteiger partial charge in [-0.2, -0.15) is 0 Å². The van der Waals surface area contributed by atoms with E-state index in [1.807, 2.05) is 43.3 Å². The standard InChI is InChI=1S/C15H14BrClO2/c1-2-19-12-5-3-4-10(8-12)15(18)11-6-7-13(16)14(17)9-11/h3-9,15,18H,2H2,1H3. The van der Waals surface area contributed by atoms with E-state index < -0.39 is 6.10 Å². The van der Waals surface area contributed by atoms with Crippen molar-refractivity contribution in [1.29, 1.82) is 0 Å². The number of hydrogen-bond donors (Lipinski definition) is 1. The summed E-state index contributed by atoms with van der Waals surface area (Å²) in [6.45, 7) is 2.53. The number of halogens is 2. The van der Waals surface area contributed by atoms with Gasteiger partial charge < -0.3 is 9.84 Å². The van der Waals surface area contributed by atoms with Crippen molar-refractivity contribution in [3.63, 3.8) is 0 Å². The second-order valence-electron chi connectivity index (χ2n) is 4.08. The lowest BCUT2D eigenvalue weighted by atomic mass is 10.0. The highest BCUT2D eigenvalue weighted by Crippen LogP contribution is 2.30. The molecule has 2 nitrogen and oxygen atoms in total. The maximum atomic E-state index is 10.4. The molecule has 19 heavy (non-hydrogen) atoms. The smallest absolute Gasteiger partial charge is 0.119 e. The Bertz CT molecular complexity index is 572. The number of ether oxygens (including phenoxy) is 1. The maximum Gasteiger partial charge on any atom is 0.119 e. The Morgan fingerprint density at radius 3 is 2.63 bits per heavy atom. The van der Waals surface area contributed by atoms with Crippen LogP contribution in [0.4, 0.5) is 0 Å². The van der Waals surface area contributed by atoms with Crippen molar-refractivity contribution in [2.75, 3.05) is 6.61 Å². The first-order valence-electron chi connectivity index (χ1n) is 5.97. The highest BCUT2D eigenvalue weighted by atomic mass is 79.9. The molecule has 1 N–H and O–H groups in total. The zero-order valence-electron chi connectivity index (χ0n) is 10.4. The van der Waals surface area contributed by atoms with E-state index in [0.717, 1.165) is 21.3 Å². The zero-order valence-corrected chi connectivity index (χ0v) is 12.8. The van der Waals surface area contributed by atoms with E-state index in [4.69, 9.17) is 16.3 Å². The number of rotatable bonds is 4. The molecular formula is C15H14BrClO2. The van der Waals surface area contributed by atoms with Gasteiger partial charge in [-0.15, -0.1) is 0 Å². The Morgan fingerprint density at radius 2 is 1.95 bits per heavy atom. The molecule has 0 saturated heterocycles. The van der Waals surface area contributed by atoms with Gasteiger partial charge in [0.15, 0.2) is 0 Å². The summed E-state index contributed by atoms with van der Waals surface area (Å²) in [7, 11) is 0. The van der Waals surface area contributed by atoms with Crippen LogP contribution in [0.5, 0.6) is 5.75 Å². The molecule has 0 aliphatic heterocycles. The van der Waals surface area contributed by atoms with Crippen LogP contribution < -0.4 is 4.74 Å². The molecule has 0 aromatic heterocycles. The summed E-state index contributed by atoms with van der Waals surface area (Å²) in [5.41, 5.74) is 1.53. The van der Waals surface area contributed by atoms with Gasteiger partial charge in [-0.05, 0) is 58.2 Å². The fraction of sp³-hybridized carbons (Fsp3) is 0.200. The van der Waals surface area contributed by atoms with E-state index in [9.17, 15) is 5.11 Å². The Balaban J connectivity index is 2.29. The molecule has 100 valence electrons. The molecular weight excluding hydrogens is 328 g/mol. The monoisotopic (exact) mass is 340 g/mol. The average molecular weight is 342 g/mol. The first-order chi connectivity index (χ1) is 9.11. The van der Waals surface area contributed by atoms with Gasteiger partial charge in [0.2, 0.25) is 0 Å². The first-order valence-corrected chi connectivity index (χ1v) is 7.14. The summed E-state index contributed by atoms with van der Waals surface area (Å²) >= 11 is 9.38.